The summed E-state index contributed by atoms with van der Waals surface area (Å²) in [6.45, 7) is 6.15. The van der Waals surface area contributed by atoms with Crippen LogP contribution < -0.4 is 0 Å². The Morgan fingerprint density at radius 2 is 2.35 bits per heavy atom. The first-order valence-electron chi connectivity index (χ1n) is 6.71. The smallest absolute Gasteiger partial charge is 0.222 e. The molecule has 1 aliphatic heterocycles. The zero-order valence-corrected chi connectivity index (χ0v) is 11.0. The molecule has 0 aliphatic carbocycles. The van der Waals surface area contributed by atoms with Crippen LogP contribution in [-0.2, 0) is 9.53 Å². The van der Waals surface area contributed by atoms with Crippen molar-refractivity contribution in [2.75, 3.05) is 19.7 Å². The van der Waals surface area contributed by atoms with E-state index in [4.69, 9.17) is 4.74 Å². The van der Waals surface area contributed by atoms with E-state index in [0.717, 1.165) is 39.0 Å². The summed E-state index contributed by atoms with van der Waals surface area (Å²) < 4.78 is 5.69. The van der Waals surface area contributed by atoms with Gasteiger partial charge < -0.3 is 14.7 Å². The molecule has 1 fully saturated rings. The summed E-state index contributed by atoms with van der Waals surface area (Å²) in [5.41, 5.74) is 0. The van der Waals surface area contributed by atoms with Crippen molar-refractivity contribution in [2.45, 2.75) is 58.2 Å². The van der Waals surface area contributed by atoms with E-state index < -0.39 is 6.10 Å². The molecule has 100 valence electrons. The van der Waals surface area contributed by atoms with E-state index in [1.807, 2.05) is 4.90 Å². The number of nitrogens with zero attached hydrogens (tertiary/aromatic N) is 1. The largest absolute Gasteiger partial charge is 0.393 e. The second-order valence-electron chi connectivity index (χ2n) is 4.86. The van der Waals surface area contributed by atoms with E-state index in [1.54, 1.807) is 6.92 Å². The van der Waals surface area contributed by atoms with Crippen LogP contribution in [0.1, 0.15) is 46.0 Å². The van der Waals surface area contributed by atoms with Crippen LogP contribution in [0.25, 0.3) is 0 Å². The van der Waals surface area contributed by atoms with Crippen molar-refractivity contribution in [2.24, 2.45) is 0 Å². The highest BCUT2D eigenvalue weighted by Crippen LogP contribution is 2.15. The van der Waals surface area contributed by atoms with E-state index >= 15 is 0 Å². The molecule has 4 heteroatoms. The van der Waals surface area contributed by atoms with Gasteiger partial charge in [-0.2, -0.15) is 0 Å². The Hall–Kier alpha value is -0.610. The van der Waals surface area contributed by atoms with Crippen LogP contribution >= 0.6 is 0 Å². The Labute approximate surface area is 104 Å². The number of carbonyl (C=O) groups is 1. The van der Waals surface area contributed by atoms with Gasteiger partial charge in [0.25, 0.3) is 0 Å². The molecule has 4 nitrogen and oxygen atoms in total. The molecule has 0 aromatic heterocycles. The van der Waals surface area contributed by atoms with Crippen molar-refractivity contribution >= 4 is 5.91 Å². The maximum Gasteiger partial charge on any atom is 0.222 e. The summed E-state index contributed by atoms with van der Waals surface area (Å²) >= 11 is 0. The number of rotatable bonds is 6. The molecule has 0 bridgehead atoms. The van der Waals surface area contributed by atoms with Gasteiger partial charge in [-0.1, -0.05) is 6.92 Å². The van der Waals surface area contributed by atoms with Gasteiger partial charge in [-0.25, -0.2) is 0 Å². The van der Waals surface area contributed by atoms with Gasteiger partial charge in [0.2, 0.25) is 5.91 Å². The molecular weight excluding hydrogens is 218 g/mol. The second kappa shape index (κ2) is 7.67. The SMILES string of the molecule is CCCOC1CCCN(C(=O)CCC(C)O)C1. The van der Waals surface area contributed by atoms with Gasteiger partial charge in [-0.15, -0.1) is 0 Å². The maximum atomic E-state index is 11.9. The van der Waals surface area contributed by atoms with Crippen molar-refractivity contribution in [1.82, 2.24) is 4.90 Å². The molecule has 1 heterocycles. The molecule has 2 atom stereocenters. The molecule has 1 rings (SSSR count). The van der Waals surface area contributed by atoms with Gasteiger partial charge >= 0.3 is 0 Å². The highest BCUT2D eigenvalue weighted by Gasteiger charge is 2.23. The lowest BCUT2D eigenvalue weighted by Gasteiger charge is -2.32. The number of aliphatic hydroxyl groups excluding tert-OH is 1. The zero-order valence-electron chi connectivity index (χ0n) is 11.0. The lowest BCUT2D eigenvalue weighted by molar-refractivity contribution is -0.135. The fraction of sp³-hybridized carbons (Fsp3) is 0.923. The molecule has 0 spiro atoms. The summed E-state index contributed by atoms with van der Waals surface area (Å²) in [6, 6.07) is 0. The number of likely N-dealkylation sites (tertiary alicyclic amines) is 1. The van der Waals surface area contributed by atoms with Gasteiger partial charge in [0, 0.05) is 26.1 Å². The molecule has 2 unspecified atom stereocenters. The van der Waals surface area contributed by atoms with Crippen molar-refractivity contribution in [1.29, 1.82) is 0 Å². The molecule has 1 N–H and O–H groups in total. The maximum absolute atomic E-state index is 11.9. The van der Waals surface area contributed by atoms with Crippen LogP contribution in [-0.4, -0.2) is 47.8 Å². The number of amides is 1. The lowest BCUT2D eigenvalue weighted by Crippen LogP contribution is -2.43. The van der Waals surface area contributed by atoms with Crippen LogP contribution in [0.5, 0.6) is 0 Å². The van der Waals surface area contributed by atoms with E-state index in [9.17, 15) is 9.90 Å². The minimum absolute atomic E-state index is 0.149. The molecule has 1 amide bonds. The monoisotopic (exact) mass is 243 g/mol. The third-order valence-corrected chi connectivity index (χ3v) is 3.06. The fourth-order valence-electron chi connectivity index (χ4n) is 2.08. The molecule has 17 heavy (non-hydrogen) atoms. The molecule has 0 radical (unpaired) electrons. The first-order chi connectivity index (χ1) is 8.13. The second-order valence-corrected chi connectivity index (χ2v) is 4.86. The highest BCUT2D eigenvalue weighted by atomic mass is 16.5. The molecule has 1 saturated heterocycles. The number of piperidine rings is 1. The first kappa shape index (κ1) is 14.5. The molecular formula is C13H25NO3. The molecule has 0 aromatic carbocycles. The lowest BCUT2D eigenvalue weighted by atomic mass is 10.1. The molecule has 0 aromatic rings. The standard InChI is InChI=1S/C13H25NO3/c1-3-9-17-12-5-4-8-14(10-12)13(16)7-6-11(2)15/h11-12,15H,3-10H2,1-2H3. The third kappa shape index (κ3) is 5.50. The number of aliphatic hydroxyl groups is 1. The molecule has 1 aliphatic rings. The Balaban J connectivity index is 2.30. The summed E-state index contributed by atoms with van der Waals surface area (Å²) in [4.78, 5) is 13.8. The van der Waals surface area contributed by atoms with Gasteiger partial charge in [-0.3, -0.25) is 4.79 Å². The topological polar surface area (TPSA) is 49.8 Å². The number of hydrogen-bond donors (Lipinski definition) is 1. The van der Waals surface area contributed by atoms with Crippen molar-refractivity contribution in [3.05, 3.63) is 0 Å². The zero-order chi connectivity index (χ0) is 12.7. The highest BCUT2D eigenvalue weighted by molar-refractivity contribution is 5.76. The summed E-state index contributed by atoms with van der Waals surface area (Å²) in [5.74, 6) is 0.149. The van der Waals surface area contributed by atoms with Crippen LogP contribution in [0.15, 0.2) is 0 Å². The summed E-state index contributed by atoms with van der Waals surface area (Å²) in [7, 11) is 0. The number of ether oxygens (including phenoxy) is 1. The van der Waals surface area contributed by atoms with Crippen LogP contribution in [0.3, 0.4) is 0 Å². The van der Waals surface area contributed by atoms with Crippen molar-refractivity contribution in [3.8, 4) is 0 Å². The minimum atomic E-state index is -0.393. The average Bonchev–Trinajstić information content (AvgIpc) is 2.33. The Kier molecular flexibility index (Phi) is 6.52. The Morgan fingerprint density at radius 1 is 1.59 bits per heavy atom. The summed E-state index contributed by atoms with van der Waals surface area (Å²) in [5, 5.41) is 9.17. The first-order valence-corrected chi connectivity index (χ1v) is 6.71. The predicted molar refractivity (Wildman–Crippen MR) is 66.8 cm³/mol. The Morgan fingerprint density at radius 3 is 3.00 bits per heavy atom. The van der Waals surface area contributed by atoms with Crippen molar-refractivity contribution in [3.63, 3.8) is 0 Å². The number of hydrogen-bond acceptors (Lipinski definition) is 3. The quantitative estimate of drug-likeness (QED) is 0.770. The van der Waals surface area contributed by atoms with Gasteiger partial charge in [0.1, 0.15) is 0 Å². The van der Waals surface area contributed by atoms with Crippen molar-refractivity contribution < 1.29 is 14.6 Å². The molecule has 0 saturated carbocycles. The van der Waals surface area contributed by atoms with Crippen LogP contribution in [0, 0.1) is 0 Å². The van der Waals surface area contributed by atoms with E-state index in [-0.39, 0.29) is 12.0 Å². The predicted octanol–water partition coefficient (Wildman–Crippen LogP) is 1.56. The van der Waals surface area contributed by atoms with Gasteiger partial charge in [-0.05, 0) is 32.6 Å². The average molecular weight is 243 g/mol. The van der Waals surface area contributed by atoms with Gasteiger partial charge in [0.05, 0.1) is 12.2 Å². The summed E-state index contributed by atoms with van der Waals surface area (Å²) in [6.07, 6.45) is 3.91. The van der Waals surface area contributed by atoms with Crippen LogP contribution in [0.4, 0.5) is 0 Å². The van der Waals surface area contributed by atoms with E-state index in [1.165, 1.54) is 0 Å². The third-order valence-electron chi connectivity index (χ3n) is 3.06. The van der Waals surface area contributed by atoms with Gasteiger partial charge in [0.15, 0.2) is 0 Å². The van der Waals surface area contributed by atoms with E-state index in [0.29, 0.717) is 12.8 Å². The number of carbonyl (C=O) groups excluding carboxylic acids is 1. The van der Waals surface area contributed by atoms with Crippen LogP contribution in [0.2, 0.25) is 0 Å². The normalized spacial score (nSPS) is 22.5. The minimum Gasteiger partial charge on any atom is -0.393 e. The Bertz CT molecular complexity index is 231. The van der Waals surface area contributed by atoms with E-state index in [2.05, 4.69) is 6.92 Å². The fourth-order valence-corrected chi connectivity index (χ4v) is 2.08.